The van der Waals surface area contributed by atoms with E-state index in [1.165, 1.54) is 11.6 Å². The minimum atomic E-state index is -0.244. The summed E-state index contributed by atoms with van der Waals surface area (Å²) in [5, 5.41) is 0. The number of nitrogens with two attached hydrogens (primary N) is 1. The van der Waals surface area contributed by atoms with E-state index in [0.717, 1.165) is 12.2 Å². The maximum Gasteiger partial charge on any atom is 0.130 e. The quantitative estimate of drug-likeness (QED) is 0.846. The summed E-state index contributed by atoms with van der Waals surface area (Å²) < 4.78 is 13.8. The Labute approximate surface area is 113 Å². The molecule has 0 spiro atoms. The lowest BCUT2D eigenvalue weighted by Crippen LogP contribution is -2.22. The SMILES string of the molecule is CCN(Cc1ccc(N)cc1F)c1cccc(C)c1. The molecule has 2 rings (SSSR count). The van der Waals surface area contributed by atoms with E-state index in [0.29, 0.717) is 17.8 Å². The Morgan fingerprint density at radius 3 is 2.58 bits per heavy atom. The van der Waals surface area contributed by atoms with Crippen molar-refractivity contribution in [1.29, 1.82) is 0 Å². The van der Waals surface area contributed by atoms with Crippen LogP contribution >= 0.6 is 0 Å². The Morgan fingerprint density at radius 1 is 1.16 bits per heavy atom. The number of hydrogen-bond acceptors (Lipinski definition) is 2. The molecule has 19 heavy (non-hydrogen) atoms. The van der Waals surface area contributed by atoms with Gasteiger partial charge in [0.15, 0.2) is 0 Å². The molecule has 0 bridgehead atoms. The van der Waals surface area contributed by atoms with Crippen molar-refractivity contribution in [2.24, 2.45) is 0 Å². The lowest BCUT2D eigenvalue weighted by molar-refractivity contribution is 0.606. The molecule has 0 aliphatic rings. The van der Waals surface area contributed by atoms with Crippen molar-refractivity contribution in [3.05, 3.63) is 59.4 Å². The maximum atomic E-state index is 13.8. The molecule has 0 aliphatic carbocycles. The van der Waals surface area contributed by atoms with Gasteiger partial charge in [0.1, 0.15) is 5.82 Å². The molecule has 100 valence electrons. The molecule has 0 saturated carbocycles. The highest BCUT2D eigenvalue weighted by atomic mass is 19.1. The van der Waals surface area contributed by atoms with Gasteiger partial charge in [-0.05, 0) is 43.7 Å². The summed E-state index contributed by atoms with van der Waals surface area (Å²) in [4.78, 5) is 2.14. The second-order valence-corrected chi connectivity index (χ2v) is 4.70. The van der Waals surface area contributed by atoms with Gasteiger partial charge in [0.2, 0.25) is 0 Å². The van der Waals surface area contributed by atoms with E-state index in [9.17, 15) is 4.39 Å². The van der Waals surface area contributed by atoms with Crippen LogP contribution in [0.25, 0.3) is 0 Å². The summed E-state index contributed by atoms with van der Waals surface area (Å²) >= 11 is 0. The first-order valence-electron chi connectivity index (χ1n) is 6.45. The van der Waals surface area contributed by atoms with Gasteiger partial charge in [0.25, 0.3) is 0 Å². The highest BCUT2D eigenvalue weighted by Crippen LogP contribution is 2.20. The van der Waals surface area contributed by atoms with Crippen LogP contribution in [-0.2, 0) is 6.54 Å². The van der Waals surface area contributed by atoms with E-state index in [2.05, 4.69) is 30.9 Å². The summed E-state index contributed by atoms with van der Waals surface area (Å²) in [5.74, 6) is -0.244. The summed E-state index contributed by atoms with van der Waals surface area (Å²) in [7, 11) is 0. The van der Waals surface area contributed by atoms with Crippen LogP contribution in [0.4, 0.5) is 15.8 Å². The molecule has 0 unspecified atom stereocenters. The third-order valence-electron chi connectivity index (χ3n) is 3.19. The molecule has 2 aromatic rings. The van der Waals surface area contributed by atoms with Crippen molar-refractivity contribution in [2.75, 3.05) is 17.2 Å². The lowest BCUT2D eigenvalue weighted by Gasteiger charge is -2.24. The molecule has 0 heterocycles. The molecule has 0 aliphatic heterocycles. The van der Waals surface area contributed by atoms with Crippen molar-refractivity contribution >= 4 is 11.4 Å². The minimum Gasteiger partial charge on any atom is -0.399 e. The molecular formula is C16H19FN2. The number of anilines is 2. The summed E-state index contributed by atoms with van der Waals surface area (Å²) in [6.45, 7) is 5.50. The van der Waals surface area contributed by atoms with Crippen molar-refractivity contribution in [2.45, 2.75) is 20.4 Å². The second-order valence-electron chi connectivity index (χ2n) is 4.70. The summed E-state index contributed by atoms with van der Waals surface area (Å²) in [6, 6.07) is 13.1. The molecule has 0 fully saturated rings. The van der Waals surface area contributed by atoms with Crippen LogP contribution in [0.1, 0.15) is 18.1 Å². The van der Waals surface area contributed by atoms with Crippen molar-refractivity contribution in [1.82, 2.24) is 0 Å². The number of halogens is 1. The molecule has 0 radical (unpaired) electrons. The molecule has 0 amide bonds. The fraction of sp³-hybridized carbons (Fsp3) is 0.250. The van der Waals surface area contributed by atoms with Gasteiger partial charge in [0.05, 0.1) is 0 Å². The molecule has 2 N–H and O–H groups in total. The van der Waals surface area contributed by atoms with Crippen molar-refractivity contribution < 1.29 is 4.39 Å². The lowest BCUT2D eigenvalue weighted by atomic mass is 10.1. The predicted octanol–water partition coefficient (Wildman–Crippen LogP) is 3.74. The molecule has 0 saturated heterocycles. The highest BCUT2D eigenvalue weighted by Gasteiger charge is 2.09. The standard InChI is InChI=1S/C16H19FN2/c1-3-19(15-6-4-5-12(2)9-15)11-13-7-8-14(18)10-16(13)17/h4-10H,3,11,18H2,1-2H3. The van der Waals surface area contributed by atoms with Gasteiger partial charge in [-0.3, -0.25) is 0 Å². The fourth-order valence-corrected chi connectivity index (χ4v) is 2.11. The Kier molecular flexibility index (Phi) is 4.05. The van der Waals surface area contributed by atoms with Gasteiger partial charge in [0, 0.05) is 30.0 Å². The van der Waals surface area contributed by atoms with Crippen LogP contribution in [-0.4, -0.2) is 6.54 Å². The van der Waals surface area contributed by atoms with Crippen LogP contribution in [0.3, 0.4) is 0 Å². The number of aryl methyl sites for hydroxylation is 1. The van der Waals surface area contributed by atoms with Crippen LogP contribution in [0.5, 0.6) is 0 Å². The van der Waals surface area contributed by atoms with Crippen LogP contribution < -0.4 is 10.6 Å². The zero-order chi connectivity index (χ0) is 13.8. The number of rotatable bonds is 4. The third kappa shape index (κ3) is 3.25. The van der Waals surface area contributed by atoms with E-state index in [-0.39, 0.29) is 5.82 Å². The van der Waals surface area contributed by atoms with Gasteiger partial charge >= 0.3 is 0 Å². The predicted molar refractivity (Wildman–Crippen MR) is 78.7 cm³/mol. The number of nitrogens with zero attached hydrogens (tertiary/aromatic N) is 1. The Hall–Kier alpha value is -2.03. The third-order valence-corrected chi connectivity index (χ3v) is 3.19. The number of benzene rings is 2. The van der Waals surface area contributed by atoms with Gasteiger partial charge in [-0.15, -0.1) is 0 Å². The molecule has 2 aromatic carbocycles. The van der Waals surface area contributed by atoms with Gasteiger partial charge in [-0.2, -0.15) is 0 Å². The number of nitrogen functional groups attached to an aromatic ring is 1. The van der Waals surface area contributed by atoms with Gasteiger partial charge < -0.3 is 10.6 Å². The molecular weight excluding hydrogens is 239 g/mol. The van der Waals surface area contributed by atoms with E-state index in [1.54, 1.807) is 12.1 Å². The summed E-state index contributed by atoms with van der Waals surface area (Å²) in [5.41, 5.74) is 9.00. The van der Waals surface area contributed by atoms with Crippen molar-refractivity contribution in [3.8, 4) is 0 Å². The molecule has 0 atom stereocenters. The zero-order valence-corrected chi connectivity index (χ0v) is 11.4. The van der Waals surface area contributed by atoms with E-state index in [1.807, 2.05) is 12.1 Å². The van der Waals surface area contributed by atoms with Crippen LogP contribution in [0, 0.1) is 12.7 Å². The van der Waals surface area contributed by atoms with Crippen molar-refractivity contribution in [3.63, 3.8) is 0 Å². The largest absolute Gasteiger partial charge is 0.399 e. The molecule has 0 aromatic heterocycles. The first kappa shape index (κ1) is 13.4. The fourth-order valence-electron chi connectivity index (χ4n) is 2.11. The van der Waals surface area contributed by atoms with Crippen LogP contribution in [0.2, 0.25) is 0 Å². The maximum absolute atomic E-state index is 13.8. The molecule has 3 heteroatoms. The Balaban J connectivity index is 2.24. The van der Waals surface area contributed by atoms with Gasteiger partial charge in [-0.25, -0.2) is 4.39 Å². The van der Waals surface area contributed by atoms with E-state index < -0.39 is 0 Å². The first-order chi connectivity index (χ1) is 9.10. The van der Waals surface area contributed by atoms with E-state index in [4.69, 9.17) is 5.73 Å². The van der Waals surface area contributed by atoms with Crippen LogP contribution in [0.15, 0.2) is 42.5 Å². The Morgan fingerprint density at radius 2 is 1.95 bits per heavy atom. The normalized spacial score (nSPS) is 10.5. The summed E-state index contributed by atoms with van der Waals surface area (Å²) in [6.07, 6.45) is 0. The minimum absolute atomic E-state index is 0.244. The monoisotopic (exact) mass is 258 g/mol. The highest BCUT2D eigenvalue weighted by molar-refractivity contribution is 5.49. The smallest absolute Gasteiger partial charge is 0.130 e. The zero-order valence-electron chi connectivity index (χ0n) is 11.4. The Bertz CT molecular complexity index is 566. The number of hydrogen-bond donors (Lipinski definition) is 1. The second kappa shape index (κ2) is 5.74. The van der Waals surface area contributed by atoms with E-state index >= 15 is 0 Å². The molecule has 2 nitrogen and oxygen atoms in total. The average Bonchev–Trinajstić information content (AvgIpc) is 2.38. The first-order valence-corrected chi connectivity index (χ1v) is 6.45. The topological polar surface area (TPSA) is 29.3 Å². The average molecular weight is 258 g/mol. The van der Waals surface area contributed by atoms with Gasteiger partial charge in [-0.1, -0.05) is 18.2 Å².